The summed E-state index contributed by atoms with van der Waals surface area (Å²) in [5.74, 6) is -0.0965. The predicted molar refractivity (Wildman–Crippen MR) is 84.4 cm³/mol. The zero-order valence-corrected chi connectivity index (χ0v) is 14.1. The molecule has 0 fully saturated rings. The summed E-state index contributed by atoms with van der Waals surface area (Å²) in [6, 6.07) is 3.13. The van der Waals surface area contributed by atoms with Crippen molar-refractivity contribution < 1.29 is 14.6 Å². The molecule has 1 aromatic carbocycles. The van der Waals surface area contributed by atoms with Gasteiger partial charge in [0.05, 0.1) is 20.7 Å². The lowest BCUT2D eigenvalue weighted by molar-refractivity contribution is -0.141. The molecule has 3 N–H and O–H groups in total. The Kier molecular flexibility index (Phi) is 7.68. The van der Waals surface area contributed by atoms with Gasteiger partial charge in [0.15, 0.2) is 0 Å². The lowest BCUT2D eigenvalue weighted by Gasteiger charge is -2.12. The third-order valence-corrected chi connectivity index (χ3v) is 3.73. The first-order chi connectivity index (χ1) is 7.45. The highest BCUT2D eigenvalue weighted by Gasteiger charge is 2.15. The van der Waals surface area contributed by atoms with Crippen LogP contribution in [-0.4, -0.2) is 18.2 Å². The van der Waals surface area contributed by atoms with Crippen molar-refractivity contribution in [3.63, 3.8) is 0 Å². The molecule has 0 aliphatic heterocycles. The number of carbonyl (C=O) groups is 1. The second-order valence-electron chi connectivity index (χ2n) is 3.22. The molecule has 0 radical (unpaired) electrons. The van der Waals surface area contributed by atoms with Crippen LogP contribution in [0, 0.1) is 7.14 Å². The van der Waals surface area contributed by atoms with E-state index >= 15 is 0 Å². The van der Waals surface area contributed by atoms with E-state index < -0.39 is 6.04 Å². The maximum Gasteiger partial charge on any atom is 0.307 e. The van der Waals surface area contributed by atoms with Gasteiger partial charge in [0.1, 0.15) is 5.75 Å². The van der Waals surface area contributed by atoms with Crippen LogP contribution in [0.4, 0.5) is 0 Å². The van der Waals surface area contributed by atoms with Gasteiger partial charge in [-0.3, -0.25) is 4.79 Å². The molecule has 0 amide bonds. The van der Waals surface area contributed by atoms with E-state index in [2.05, 4.69) is 4.74 Å². The van der Waals surface area contributed by atoms with Gasteiger partial charge in [-0.2, -0.15) is 0 Å². The average Bonchev–Trinajstić information content (AvgIpc) is 2.24. The standard InChI is InChI=1S/C10H11I2NO3.ClH/c1-16-9(14)4-8(13)5-2-6(11)10(15)7(12)3-5;/h2-3,8,15H,4,13H2,1H3;1H/t8-;/m0./s1. The molecule has 0 spiro atoms. The number of hydrogen-bond acceptors (Lipinski definition) is 4. The molecule has 96 valence electrons. The summed E-state index contributed by atoms with van der Waals surface area (Å²) >= 11 is 4.05. The van der Waals surface area contributed by atoms with Crippen LogP contribution in [0.1, 0.15) is 18.0 Å². The number of methoxy groups -OCH3 is 1. The van der Waals surface area contributed by atoms with E-state index in [1.165, 1.54) is 7.11 Å². The fraction of sp³-hybridized carbons (Fsp3) is 0.300. The first-order valence-corrected chi connectivity index (χ1v) is 6.61. The van der Waals surface area contributed by atoms with E-state index in [-0.39, 0.29) is 30.5 Å². The molecule has 0 heterocycles. The van der Waals surface area contributed by atoms with E-state index in [4.69, 9.17) is 5.73 Å². The Bertz CT molecular complexity index is 392. The topological polar surface area (TPSA) is 72.5 Å². The van der Waals surface area contributed by atoms with E-state index in [1.807, 2.05) is 45.2 Å². The summed E-state index contributed by atoms with van der Waals surface area (Å²) in [5.41, 5.74) is 6.69. The normalized spacial score (nSPS) is 11.5. The minimum Gasteiger partial charge on any atom is -0.506 e. The number of phenolic OH excluding ortho intramolecular Hbond substituents is 1. The van der Waals surface area contributed by atoms with Crippen molar-refractivity contribution in [1.29, 1.82) is 0 Å². The van der Waals surface area contributed by atoms with Crippen molar-refractivity contribution in [2.75, 3.05) is 7.11 Å². The molecule has 0 bridgehead atoms. The van der Waals surface area contributed by atoms with Gasteiger partial charge in [0.25, 0.3) is 0 Å². The number of esters is 1. The number of rotatable bonds is 3. The molecule has 0 aromatic heterocycles. The molecule has 1 aromatic rings. The molecule has 0 unspecified atom stereocenters. The molecule has 0 saturated carbocycles. The van der Waals surface area contributed by atoms with Crippen molar-refractivity contribution >= 4 is 63.6 Å². The van der Waals surface area contributed by atoms with Gasteiger partial charge in [-0.05, 0) is 62.9 Å². The Hall–Kier alpha value is 0.200. The second kappa shape index (κ2) is 7.59. The summed E-state index contributed by atoms with van der Waals surface area (Å²) in [4.78, 5) is 11.1. The van der Waals surface area contributed by atoms with Gasteiger partial charge in [0, 0.05) is 6.04 Å². The molecule has 0 saturated heterocycles. The summed E-state index contributed by atoms with van der Waals surface area (Å²) < 4.78 is 6.00. The third kappa shape index (κ3) is 4.76. The Morgan fingerprint density at radius 2 is 1.94 bits per heavy atom. The smallest absolute Gasteiger partial charge is 0.307 e. The van der Waals surface area contributed by atoms with Crippen LogP contribution in [0.2, 0.25) is 0 Å². The second-order valence-corrected chi connectivity index (χ2v) is 5.54. The minimum atomic E-state index is -0.407. The Morgan fingerprint density at radius 1 is 1.47 bits per heavy atom. The summed E-state index contributed by atoms with van der Waals surface area (Å²) in [6.07, 6.45) is 0.132. The van der Waals surface area contributed by atoms with Gasteiger partial charge in [-0.1, -0.05) is 0 Å². The summed E-state index contributed by atoms with van der Waals surface area (Å²) in [5, 5.41) is 9.59. The number of carbonyl (C=O) groups excluding carboxylic acids is 1. The molecule has 4 nitrogen and oxygen atoms in total. The first kappa shape index (κ1) is 17.2. The molecular formula is C10H12ClI2NO3. The minimum absolute atomic E-state index is 0. The van der Waals surface area contributed by atoms with Gasteiger partial charge >= 0.3 is 5.97 Å². The summed E-state index contributed by atoms with van der Waals surface area (Å²) in [7, 11) is 1.33. The number of phenols is 1. The third-order valence-electron chi connectivity index (χ3n) is 2.08. The summed E-state index contributed by atoms with van der Waals surface area (Å²) in [6.45, 7) is 0. The number of nitrogens with two attached hydrogens (primary N) is 1. The zero-order chi connectivity index (χ0) is 12.3. The maximum atomic E-state index is 11.1. The van der Waals surface area contributed by atoms with Crippen LogP contribution < -0.4 is 5.73 Å². The first-order valence-electron chi connectivity index (χ1n) is 4.46. The maximum absolute atomic E-state index is 11.1. The molecule has 7 heteroatoms. The largest absolute Gasteiger partial charge is 0.506 e. The van der Waals surface area contributed by atoms with Gasteiger partial charge < -0.3 is 15.6 Å². The molecule has 17 heavy (non-hydrogen) atoms. The van der Waals surface area contributed by atoms with Crippen molar-refractivity contribution in [3.05, 3.63) is 24.8 Å². The highest BCUT2D eigenvalue weighted by molar-refractivity contribution is 14.1. The monoisotopic (exact) mass is 483 g/mol. The van der Waals surface area contributed by atoms with E-state index in [0.29, 0.717) is 0 Å². The molecule has 1 atom stereocenters. The predicted octanol–water partition coefficient (Wildman–Crippen LogP) is 2.59. The van der Waals surface area contributed by atoms with Crippen molar-refractivity contribution in [3.8, 4) is 5.75 Å². The van der Waals surface area contributed by atoms with Crippen molar-refractivity contribution in [1.82, 2.24) is 0 Å². The van der Waals surface area contributed by atoms with Gasteiger partial charge in [0.2, 0.25) is 0 Å². The number of halogens is 3. The molecule has 0 aliphatic carbocycles. The van der Waals surface area contributed by atoms with E-state index in [0.717, 1.165) is 12.7 Å². The number of hydrogen-bond donors (Lipinski definition) is 2. The van der Waals surface area contributed by atoms with Crippen LogP contribution in [0.5, 0.6) is 5.75 Å². The Balaban J connectivity index is 0.00000256. The molecule has 1 rings (SSSR count). The van der Waals surface area contributed by atoms with Gasteiger partial charge in [-0.25, -0.2) is 0 Å². The zero-order valence-electron chi connectivity index (χ0n) is 8.94. The molecular weight excluding hydrogens is 471 g/mol. The van der Waals surface area contributed by atoms with E-state index in [1.54, 1.807) is 12.1 Å². The van der Waals surface area contributed by atoms with Crippen LogP contribution in [0.3, 0.4) is 0 Å². The fourth-order valence-corrected chi connectivity index (χ4v) is 3.00. The lowest BCUT2D eigenvalue weighted by Crippen LogP contribution is -2.16. The quantitative estimate of drug-likeness (QED) is 0.512. The number of benzene rings is 1. The molecule has 0 aliphatic rings. The van der Waals surface area contributed by atoms with Gasteiger partial charge in [-0.15, -0.1) is 12.4 Å². The highest BCUT2D eigenvalue weighted by atomic mass is 127. The van der Waals surface area contributed by atoms with Crippen LogP contribution >= 0.6 is 57.6 Å². The lowest BCUT2D eigenvalue weighted by atomic mass is 10.0. The number of ether oxygens (including phenoxy) is 1. The number of aromatic hydroxyl groups is 1. The van der Waals surface area contributed by atoms with Crippen molar-refractivity contribution in [2.24, 2.45) is 5.73 Å². The van der Waals surface area contributed by atoms with Crippen LogP contribution in [-0.2, 0) is 9.53 Å². The van der Waals surface area contributed by atoms with E-state index in [9.17, 15) is 9.90 Å². The Morgan fingerprint density at radius 3 is 2.35 bits per heavy atom. The van der Waals surface area contributed by atoms with Crippen molar-refractivity contribution in [2.45, 2.75) is 12.5 Å². The van der Waals surface area contributed by atoms with Crippen LogP contribution in [0.25, 0.3) is 0 Å². The average molecular weight is 483 g/mol. The SMILES string of the molecule is COC(=O)C[C@H](N)c1cc(I)c(O)c(I)c1.Cl. The highest BCUT2D eigenvalue weighted by Crippen LogP contribution is 2.29. The Labute approximate surface area is 133 Å². The fourth-order valence-electron chi connectivity index (χ4n) is 1.18. The van der Waals surface area contributed by atoms with Crippen LogP contribution in [0.15, 0.2) is 12.1 Å².